The molecule has 0 bridgehead atoms. The van der Waals surface area contributed by atoms with E-state index in [9.17, 15) is 18.7 Å². The second-order valence-electron chi connectivity index (χ2n) is 6.95. The fourth-order valence-electron chi connectivity index (χ4n) is 3.53. The third kappa shape index (κ3) is 2.52. The lowest BCUT2D eigenvalue weighted by Crippen LogP contribution is -2.57. The van der Waals surface area contributed by atoms with Crippen molar-refractivity contribution < 1.29 is 18.7 Å². The van der Waals surface area contributed by atoms with Crippen LogP contribution in [0.3, 0.4) is 0 Å². The molecule has 5 N–H and O–H groups in total. The molecule has 8 nitrogen and oxygen atoms in total. The molecule has 2 aromatic heterocycles. The number of nitrogens with zero attached hydrogens (tertiary/aromatic N) is 4. The van der Waals surface area contributed by atoms with E-state index in [2.05, 4.69) is 9.97 Å². The van der Waals surface area contributed by atoms with Gasteiger partial charge in [-0.3, -0.25) is 9.36 Å². The van der Waals surface area contributed by atoms with Gasteiger partial charge in [0.05, 0.1) is 29.7 Å². The van der Waals surface area contributed by atoms with Crippen LogP contribution in [0.5, 0.6) is 5.75 Å². The molecule has 0 radical (unpaired) electrons. The normalized spacial score (nSPS) is 15.6. The Labute approximate surface area is 158 Å². The van der Waals surface area contributed by atoms with Gasteiger partial charge in [-0.1, -0.05) is 6.07 Å². The number of nitrogens with two attached hydrogens (primary N) is 2. The standard InChI is InChI=1S/C18H18F2N6O2/c1-8-3-4-11(27)9(2)13(8)26-14(21)12(15(22)28)10-5-23-17(24-16(10)26)25-6-18(19,20)7-25/h3-5,27H,6-7,21H2,1-2H3,(H2,22,28). The van der Waals surface area contributed by atoms with Gasteiger partial charge in [0.2, 0.25) is 5.95 Å². The topological polar surface area (TPSA) is 123 Å². The number of halogens is 2. The summed E-state index contributed by atoms with van der Waals surface area (Å²) >= 11 is 0. The summed E-state index contributed by atoms with van der Waals surface area (Å²) in [5.74, 6) is -3.36. The number of hydrogen-bond donors (Lipinski definition) is 3. The Morgan fingerprint density at radius 1 is 1.29 bits per heavy atom. The van der Waals surface area contributed by atoms with Crippen molar-refractivity contribution in [3.05, 3.63) is 35.0 Å². The van der Waals surface area contributed by atoms with Gasteiger partial charge in [-0.25, -0.2) is 13.8 Å². The first-order chi connectivity index (χ1) is 13.1. The number of carbonyl (C=O) groups excluding carboxylic acids is 1. The third-order valence-corrected chi connectivity index (χ3v) is 4.94. The fraction of sp³-hybridized carbons (Fsp3) is 0.278. The molecule has 4 rings (SSSR count). The highest BCUT2D eigenvalue weighted by molar-refractivity contribution is 6.11. The molecule has 0 saturated carbocycles. The summed E-state index contributed by atoms with van der Waals surface area (Å²) in [4.78, 5) is 21.8. The van der Waals surface area contributed by atoms with Gasteiger partial charge in [0.15, 0.2) is 5.65 Å². The maximum atomic E-state index is 13.2. The van der Waals surface area contributed by atoms with E-state index < -0.39 is 24.9 Å². The minimum atomic E-state index is -2.78. The van der Waals surface area contributed by atoms with Crippen LogP contribution in [0.1, 0.15) is 21.5 Å². The quantitative estimate of drug-likeness (QED) is 0.629. The highest BCUT2D eigenvalue weighted by Crippen LogP contribution is 2.37. The smallest absolute Gasteiger partial charge is 0.282 e. The maximum absolute atomic E-state index is 13.2. The third-order valence-electron chi connectivity index (χ3n) is 4.94. The van der Waals surface area contributed by atoms with Crippen molar-refractivity contribution in [2.24, 2.45) is 5.73 Å². The van der Waals surface area contributed by atoms with Crippen LogP contribution in [-0.4, -0.2) is 44.6 Å². The molecule has 1 aliphatic rings. The molecular weight excluding hydrogens is 370 g/mol. The second-order valence-corrected chi connectivity index (χ2v) is 6.95. The van der Waals surface area contributed by atoms with Gasteiger partial charge in [-0.2, -0.15) is 4.98 Å². The van der Waals surface area contributed by atoms with Crippen molar-refractivity contribution in [3.63, 3.8) is 0 Å². The number of nitrogen functional groups attached to an aromatic ring is 1. The van der Waals surface area contributed by atoms with Crippen LogP contribution < -0.4 is 16.4 Å². The summed E-state index contributed by atoms with van der Waals surface area (Å²) in [5.41, 5.74) is 13.9. The molecule has 10 heteroatoms. The van der Waals surface area contributed by atoms with Gasteiger partial charge in [0.1, 0.15) is 11.6 Å². The van der Waals surface area contributed by atoms with Crippen LogP contribution in [0, 0.1) is 13.8 Å². The van der Waals surface area contributed by atoms with E-state index >= 15 is 0 Å². The number of primary amides is 1. The predicted octanol–water partition coefficient (Wildman–Crippen LogP) is 1.88. The van der Waals surface area contributed by atoms with Gasteiger partial charge >= 0.3 is 0 Å². The molecule has 1 amide bonds. The average molecular weight is 388 g/mol. The molecule has 28 heavy (non-hydrogen) atoms. The monoisotopic (exact) mass is 388 g/mol. The van der Waals surface area contributed by atoms with E-state index in [4.69, 9.17) is 11.5 Å². The van der Waals surface area contributed by atoms with Crippen molar-refractivity contribution in [2.45, 2.75) is 19.8 Å². The van der Waals surface area contributed by atoms with Crippen molar-refractivity contribution in [2.75, 3.05) is 23.7 Å². The highest BCUT2D eigenvalue weighted by Gasteiger charge is 2.45. The van der Waals surface area contributed by atoms with Crippen LogP contribution in [0.4, 0.5) is 20.5 Å². The van der Waals surface area contributed by atoms with E-state index in [-0.39, 0.29) is 28.7 Å². The van der Waals surface area contributed by atoms with Crippen LogP contribution in [0.2, 0.25) is 0 Å². The van der Waals surface area contributed by atoms with E-state index in [1.54, 1.807) is 19.1 Å². The van der Waals surface area contributed by atoms with Gasteiger partial charge < -0.3 is 21.5 Å². The average Bonchev–Trinajstić information content (AvgIpc) is 2.88. The summed E-state index contributed by atoms with van der Waals surface area (Å²) < 4.78 is 28.0. The number of rotatable bonds is 3. The van der Waals surface area contributed by atoms with Crippen molar-refractivity contribution in [3.8, 4) is 11.4 Å². The van der Waals surface area contributed by atoms with E-state index in [1.807, 2.05) is 6.92 Å². The first-order valence-corrected chi connectivity index (χ1v) is 8.50. The molecule has 0 atom stereocenters. The molecule has 1 aromatic carbocycles. The number of hydrogen-bond acceptors (Lipinski definition) is 6. The van der Waals surface area contributed by atoms with Crippen LogP contribution >= 0.6 is 0 Å². The lowest BCUT2D eigenvalue weighted by molar-refractivity contribution is -0.0271. The lowest BCUT2D eigenvalue weighted by Gasteiger charge is -2.38. The number of benzene rings is 1. The van der Waals surface area contributed by atoms with Gasteiger partial charge in [-0.05, 0) is 25.5 Å². The summed E-state index contributed by atoms with van der Waals surface area (Å²) in [5, 5.41) is 10.5. The number of phenols is 1. The number of amides is 1. The summed E-state index contributed by atoms with van der Waals surface area (Å²) in [6.45, 7) is 2.54. The molecule has 0 unspecified atom stereocenters. The Balaban J connectivity index is 2.01. The molecule has 146 valence electrons. The number of aromatic nitrogens is 3. The fourth-order valence-corrected chi connectivity index (χ4v) is 3.53. The predicted molar refractivity (Wildman–Crippen MR) is 100 cm³/mol. The summed E-state index contributed by atoms with van der Waals surface area (Å²) in [6.07, 6.45) is 1.36. The van der Waals surface area contributed by atoms with Crippen LogP contribution in [-0.2, 0) is 0 Å². The SMILES string of the molecule is Cc1ccc(O)c(C)c1-n1c(N)c(C(N)=O)c2cnc(N3CC(F)(F)C3)nc21. The molecule has 1 saturated heterocycles. The Bertz CT molecular complexity index is 1130. The zero-order valence-corrected chi connectivity index (χ0v) is 15.2. The summed E-state index contributed by atoms with van der Waals surface area (Å²) in [6, 6.07) is 3.25. The Kier molecular flexibility index (Phi) is 3.71. The van der Waals surface area contributed by atoms with E-state index in [0.29, 0.717) is 16.6 Å². The number of alkyl halides is 2. The Morgan fingerprint density at radius 3 is 2.57 bits per heavy atom. The molecule has 0 spiro atoms. The number of aromatic hydroxyl groups is 1. The van der Waals surface area contributed by atoms with Crippen molar-refractivity contribution in [1.29, 1.82) is 0 Å². The van der Waals surface area contributed by atoms with Crippen LogP contribution in [0.15, 0.2) is 18.3 Å². The molecule has 0 aliphatic carbocycles. The number of fused-ring (bicyclic) bond motifs is 1. The van der Waals surface area contributed by atoms with Gasteiger partial charge in [0.25, 0.3) is 11.8 Å². The summed E-state index contributed by atoms with van der Waals surface area (Å²) in [7, 11) is 0. The molecule has 1 fully saturated rings. The van der Waals surface area contributed by atoms with Crippen molar-refractivity contribution >= 4 is 28.7 Å². The number of aryl methyl sites for hydroxylation is 1. The van der Waals surface area contributed by atoms with Crippen molar-refractivity contribution in [1.82, 2.24) is 14.5 Å². The molecule has 3 heterocycles. The van der Waals surface area contributed by atoms with Gasteiger partial charge in [0, 0.05) is 11.8 Å². The number of carbonyl (C=O) groups is 1. The highest BCUT2D eigenvalue weighted by atomic mass is 19.3. The zero-order chi connectivity index (χ0) is 20.4. The molecular formula is C18H18F2N6O2. The van der Waals surface area contributed by atoms with Gasteiger partial charge in [-0.15, -0.1) is 0 Å². The minimum absolute atomic E-state index is 0.0395. The van der Waals surface area contributed by atoms with E-state index in [0.717, 1.165) is 5.56 Å². The Hall–Kier alpha value is -3.43. The number of anilines is 2. The first-order valence-electron chi connectivity index (χ1n) is 8.50. The van der Waals surface area contributed by atoms with E-state index in [1.165, 1.54) is 15.7 Å². The molecule has 3 aromatic rings. The lowest BCUT2D eigenvalue weighted by atomic mass is 10.1. The number of phenolic OH excluding ortho intramolecular Hbond substituents is 1. The molecule has 1 aliphatic heterocycles. The second kappa shape index (κ2) is 5.78. The van der Waals surface area contributed by atoms with Crippen LogP contribution in [0.25, 0.3) is 16.7 Å². The largest absolute Gasteiger partial charge is 0.508 e. The maximum Gasteiger partial charge on any atom is 0.282 e. The zero-order valence-electron chi connectivity index (χ0n) is 15.2. The minimum Gasteiger partial charge on any atom is -0.508 e. The first kappa shape index (κ1) is 18.0. The Morgan fingerprint density at radius 2 is 1.96 bits per heavy atom.